The normalized spacial score (nSPS) is 20.1. The van der Waals surface area contributed by atoms with Gasteiger partial charge in [0.25, 0.3) is 0 Å². The molecule has 1 saturated carbocycles. The van der Waals surface area contributed by atoms with Gasteiger partial charge in [-0.25, -0.2) is 0 Å². The number of hydrogen-bond acceptors (Lipinski definition) is 5. The molecule has 7 heteroatoms. The molecule has 0 aliphatic heterocycles. The zero-order valence-electron chi connectivity index (χ0n) is 15.9. The van der Waals surface area contributed by atoms with Gasteiger partial charge < -0.3 is 15.8 Å². The average Bonchev–Trinajstić information content (AvgIpc) is 2.65. The van der Waals surface area contributed by atoms with E-state index in [0.717, 1.165) is 36.6 Å². The highest BCUT2D eigenvalue weighted by Gasteiger charge is 2.25. The fourth-order valence-corrected chi connectivity index (χ4v) is 4.00. The highest BCUT2D eigenvalue weighted by Crippen LogP contribution is 2.34. The second kappa shape index (κ2) is 13.9. The van der Waals surface area contributed by atoms with E-state index in [1.165, 1.54) is 37.7 Å². The average molecular weight is 396 g/mol. The van der Waals surface area contributed by atoms with Crippen molar-refractivity contribution in [2.24, 2.45) is 17.6 Å². The first-order chi connectivity index (χ1) is 13.0. The van der Waals surface area contributed by atoms with Crippen LogP contribution in [0.15, 0.2) is 24.3 Å². The van der Waals surface area contributed by atoms with E-state index in [-0.39, 0.29) is 12.2 Å². The molecule has 0 spiro atoms. The van der Waals surface area contributed by atoms with E-state index < -0.39 is 7.12 Å². The largest absolute Gasteiger partial charge is 0.451 e. The second-order valence-electron chi connectivity index (χ2n) is 7.46. The lowest BCUT2D eigenvalue weighted by atomic mass is 9.75. The summed E-state index contributed by atoms with van der Waals surface area (Å²) in [5.41, 5.74) is 7.73. The first-order valence-electron chi connectivity index (χ1n) is 9.81. The Morgan fingerprint density at radius 1 is 1.11 bits per heavy atom. The van der Waals surface area contributed by atoms with E-state index in [1.807, 2.05) is 12.1 Å². The van der Waals surface area contributed by atoms with Crippen molar-refractivity contribution in [2.45, 2.75) is 70.1 Å². The maximum atomic E-state index is 8.86. The quantitative estimate of drug-likeness (QED) is 0.439. The van der Waals surface area contributed by atoms with Crippen LogP contribution in [0.4, 0.5) is 0 Å². The molecule has 1 atom stereocenters. The third kappa shape index (κ3) is 10.7. The predicted octanol–water partition coefficient (Wildman–Crippen LogP) is 3.47. The van der Waals surface area contributed by atoms with Gasteiger partial charge in [0.1, 0.15) is 0 Å². The van der Waals surface area contributed by atoms with Crippen molar-refractivity contribution in [3.63, 3.8) is 0 Å². The lowest BCUT2D eigenvalue weighted by molar-refractivity contribution is -0.191. The summed E-state index contributed by atoms with van der Waals surface area (Å²) in [5.74, 6) is 1.48. The van der Waals surface area contributed by atoms with Crippen molar-refractivity contribution >= 4 is 24.9 Å². The Labute approximate surface area is 167 Å². The molecule has 0 radical (unpaired) electrons. The van der Waals surface area contributed by atoms with Crippen LogP contribution in [0.1, 0.15) is 56.9 Å². The van der Waals surface area contributed by atoms with Crippen LogP contribution >= 0.6 is 11.6 Å². The highest BCUT2D eigenvalue weighted by atomic mass is 35.5. The van der Waals surface area contributed by atoms with Gasteiger partial charge in [-0.15, -0.1) is 0 Å². The van der Waals surface area contributed by atoms with Gasteiger partial charge in [0, 0.05) is 11.1 Å². The molecule has 1 aliphatic rings. The number of halogens is 1. The molecule has 0 saturated heterocycles. The smallest absolute Gasteiger partial charge is 0.427 e. The van der Waals surface area contributed by atoms with Crippen molar-refractivity contribution in [3.05, 3.63) is 34.9 Å². The minimum Gasteiger partial charge on any atom is -0.427 e. The van der Waals surface area contributed by atoms with Crippen molar-refractivity contribution < 1.29 is 19.6 Å². The topological polar surface area (TPSA) is 101 Å². The van der Waals surface area contributed by atoms with Gasteiger partial charge in [0.15, 0.2) is 0 Å². The van der Waals surface area contributed by atoms with E-state index in [1.54, 1.807) is 0 Å². The van der Waals surface area contributed by atoms with E-state index in [2.05, 4.69) is 12.1 Å². The number of unbranched alkanes of at least 4 members (excludes halogenated alkanes) is 1. The Hall–Kier alpha value is -1.17. The van der Waals surface area contributed by atoms with Gasteiger partial charge in [-0.05, 0) is 68.0 Å². The Kier molecular flexibility index (Phi) is 12.3. The molecule has 0 amide bonds. The van der Waals surface area contributed by atoms with E-state index >= 15 is 0 Å². The fraction of sp³-hybridized carbons (Fsp3) is 0.650. The van der Waals surface area contributed by atoms with Crippen molar-refractivity contribution in [1.82, 2.24) is 0 Å². The summed E-state index contributed by atoms with van der Waals surface area (Å²) in [5, 5.41) is 18.5. The van der Waals surface area contributed by atoms with Crippen molar-refractivity contribution in [3.8, 4) is 0 Å². The van der Waals surface area contributed by atoms with Crippen LogP contribution in [0.2, 0.25) is 11.3 Å². The lowest BCUT2D eigenvalue weighted by Crippen LogP contribution is -2.33. The second-order valence-corrected chi connectivity index (χ2v) is 7.89. The molecule has 1 unspecified atom stereocenters. The van der Waals surface area contributed by atoms with Crippen LogP contribution in [0, 0.1) is 11.8 Å². The molecule has 1 fully saturated rings. The van der Waals surface area contributed by atoms with Crippen LogP contribution in [0.3, 0.4) is 0 Å². The maximum Gasteiger partial charge on any atom is 0.451 e. The molecule has 2 rings (SSSR count). The van der Waals surface area contributed by atoms with Crippen LogP contribution < -0.4 is 5.73 Å². The molecule has 1 aliphatic carbocycles. The standard InChI is InChI=1S/C19H31BClNO2.CO2/c21-18-12-8-16(9-13-18)5-4-15-6-10-17(11-7-15)19(22)3-1-2-14-20(23)24;2-1-3/h8-9,12-13,15,17,19,23-24H,1-7,10-11,14,22H2;. The Bertz CT molecular complexity index is 541. The van der Waals surface area contributed by atoms with Gasteiger partial charge in [-0.3, -0.25) is 0 Å². The maximum absolute atomic E-state index is 8.86. The first kappa shape index (κ1) is 23.9. The summed E-state index contributed by atoms with van der Waals surface area (Å²) in [6.45, 7) is 0. The molecule has 0 aromatic heterocycles. The SMILES string of the molecule is NC(CCCCB(O)O)C1CCC(CCc2ccc(Cl)cc2)CC1.O=C=O. The molecule has 1 aromatic carbocycles. The molecular weight excluding hydrogens is 364 g/mol. The van der Waals surface area contributed by atoms with Gasteiger partial charge >= 0.3 is 13.3 Å². The molecule has 150 valence electrons. The van der Waals surface area contributed by atoms with E-state index in [9.17, 15) is 0 Å². The molecule has 27 heavy (non-hydrogen) atoms. The third-order valence-electron chi connectivity index (χ3n) is 5.50. The zero-order valence-corrected chi connectivity index (χ0v) is 16.6. The molecule has 1 aromatic rings. The minimum atomic E-state index is -1.17. The number of nitrogens with two attached hydrogens (primary N) is 1. The fourth-order valence-electron chi connectivity index (χ4n) is 3.87. The Morgan fingerprint density at radius 3 is 2.26 bits per heavy atom. The summed E-state index contributed by atoms with van der Waals surface area (Å²) in [4.78, 5) is 16.2. The van der Waals surface area contributed by atoms with Gasteiger partial charge in [0.2, 0.25) is 0 Å². The van der Waals surface area contributed by atoms with E-state index in [4.69, 9.17) is 37.0 Å². The van der Waals surface area contributed by atoms with Crippen LogP contribution in [0.25, 0.3) is 0 Å². The number of carbonyl (C=O) groups excluding carboxylic acids is 2. The molecular formula is C20H31BClNO4. The molecule has 5 nitrogen and oxygen atoms in total. The van der Waals surface area contributed by atoms with Crippen LogP contribution in [-0.4, -0.2) is 29.4 Å². The Balaban J connectivity index is 0.00000114. The van der Waals surface area contributed by atoms with Crippen molar-refractivity contribution in [1.29, 1.82) is 0 Å². The summed E-state index contributed by atoms with van der Waals surface area (Å²) in [6.07, 6.45) is 11.0. The number of rotatable bonds is 9. The summed E-state index contributed by atoms with van der Waals surface area (Å²) < 4.78 is 0. The third-order valence-corrected chi connectivity index (χ3v) is 5.75. The molecule has 0 heterocycles. The van der Waals surface area contributed by atoms with Gasteiger partial charge in [-0.2, -0.15) is 9.59 Å². The molecule has 0 bridgehead atoms. The summed E-state index contributed by atoms with van der Waals surface area (Å²) in [7, 11) is -1.17. The minimum absolute atomic E-state index is 0.250. The van der Waals surface area contributed by atoms with Gasteiger partial charge in [0.05, 0.1) is 0 Å². The number of benzene rings is 1. The Morgan fingerprint density at radius 2 is 1.70 bits per heavy atom. The highest BCUT2D eigenvalue weighted by molar-refractivity contribution is 6.40. The summed E-state index contributed by atoms with van der Waals surface area (Å²) >= 11 is 5.93. The number of hydrogen-bond donors (Lipinski definition) is 3. The predicted molar refractivity (Wildman–Crippen MR) is 107 cm³/mol. The summed E-state index contributed by atoms with van der Waals surface area (Å²) in [6, 6.07) is 8.49. The lowest BCUT2D eigenvalue weighted by Gasteiger charge is -2.32. The van der Waals surface area contributed by atoms with Crippen LogP contribution in [-0.2, 0) is 16.0 Å². The monoisotopic (exact) mass is 395 g/mol. The van der Waals surface area contributed by atoms with E-state index in [0.29, 0.717) is 12.2 Å². The number of aryl methyl sites for hydroxylation is 1. The molecule has 4 N–H and O–H groups in total. The zero-order chi connectivity index (χ0) is 20.1. The van der Waals surface area contributed by atoms with Crippen LogP contribution in [0.5, 0.6) is 0 Å². The van der Waals surface area contributed by atoms with Gasteiger partial charge in [-0.1, -0.05) is 49.4 Å². The van der Waals surface area contributed by atoms with Crippen molar-refractivity contribution in [2.75, 3.05) is 0 Å². The first-order valence-corrected chi connectivity index (χ1v) is 10.2.